The van der Waals surface area contributed by atoms with E-state index in [1.807, 2.05) is 0 Å². The van der Waals surface area contributed by atoms with Gasteiger partial charge in [-0.1, -0.05) is 13.8 Å². The Bertz CT molecular complexity index is 393. The normalized spacial score (nSPS) is 20.9. The molecule has 0 bridgehead atoms. The number of rotatable bonds is 2. The van der Waals surface area contributed by atoms with Crippen LogP contribution in [0.1, 0.15) is 72.0 Å². The molecule has 0 amide bonds. The highest BCUT2D eigenvalue weighted by molar-refractivity contribution is 7.09. The Kier molecular flexibility index (Phi) is 3.67. The summed E-state index contributed by atoms with van der Waals surface area (Å²) >= 11 is 1.50. The van der Waals surface area contributed by atoms with Gasteiger partial charge in [-0.05, 0) is 51.9 Å². The van der Waals surface area contributed by atoms with Crippen LogP contribution >= 0.6 is 11.5 Å². The lowest BCUT2D eigenvalue weighted by molar-refractivity contribution is 0.221. The first kappa shape index (κ1) is 13.8. The largest absolute Gasteiger partial charge is 0.356 e. The van der Waals surface area contributed by atoms with Crippen LogP contribution in [-0.2, 0) is 0 Å². The molecule has 0 saturated heterocycles. The zero-order chi connectivity index (χ0) is 13.4. The molecule has 1 N–H and O–H groups in total. The lowest BCUT2D eigenvalue weighted by atomic mass is 9.73. The van der Waals surface area contributed by atoms with Crippen LogP contribution in [0.4, 0.5) is 5.13 Å². The number of hydrogen-bond donors (Lipinski definition) is 1. The minimum Gasteiger partial charge on any atom is -0.356 e. The van der Waals surface area contributed by atoms with Crippen LogP contribution in [0.25, 0.3) is 0 Å². The molecule has 2 rings (SSSR count). The quantitative estimate of drug-likeness (QED) is 0.861. The van der Waals surface area contributed by atoms with Gasteiger partial charge in [0.05, 0.1) is 0 Å². The third kappa shape index (κ3) is 3.67. The summed E-state index contributed by atoms with van der Waals surface area (Å²) < 4.78 is 4.54. The average Bonchev–Trinajstić information content (AvgIpc) is 2.63. The summed E-state index contributed by atoms with van der Waals surface area (Å²) in [5.41, 5.74) is 0.574. The Morgan fingerprint density at radius 2 is 1.83 bits per heavy atom. The topological polar surface area (TPSA) is 37.8 Å². The fourth-order valence-electron chi connectivity index (χ4n) is 2.43. The number of nitrogens with zero attached hydrogens (tertiary/aromatic N) is 2. The highest BCUT2D eigenvalue weighted by atomic mass is 32.1. The maximum absolute atomic E-state index is 4.66. The Morgan fingerprint density at radius 1 is 1.22 bits per heavy atom. The molecule has 4 heteroatoms. The van der Waals surface area contributed by atoms with Gasteiger partial charge in [0, 0.05) is 23.0 Å². The summed E-state index contributed by atoms with van der Waals surface area (Å²) in [7, 11) is 0. The molecule has 1 heterocycles. The van der Waals surface area contributed by atoms with Crippen LogP contribution < -0.4 is 5.32 Å². The zero-order valence-electron chi connectivity index (χ0n) is 12.2. The molecule has 0 aliphatic heterocycles. The van der Waals surface area contributed by atoms with Gasteiger partial charge >= 0.3 is 0 Å². The van der Waals surface area contributed by atoms with Gasteiger partial charge in [0.15, 0.2) is 0 Å². The lowest BCUT2D eigenvalue weighted by Crippen LogP contribution is -2.26. The Morgan fingerprint density at radius 3 is 2.39 bits per heavy atom. The van der Waals surface area contributed by atoms with Gasteiger partial charge < -0.3 is 5.32 Å². The summed E-state index contributed by atoms with van der Waals surface area (Å²) in [6.45, 7) is 11.2. The van der Waals surface area contributed by atoms with Crippen molar-refractivity contribution in [2.24, 2.45) is 5.41 Å². The molecule has 1 fully saturated rings. The van der Waals surface area contributed by atoms with Crippen LogP contribution in [0.3, 0.4) is 0 Å². The van der Waals surface area contributed by atoms with Crippen molar-refractivity contribution in [1.82, 2.24) is 9.36 Å². The first-order valence-corrected chi connectivity index (χ1v) is 7.64. The van der Waals surface area contributed by atoms with E-state index in [9.17, 15) is 0 Å². The maximum atomic E-state index is 4.66. The molecule has 1 aromatic rings. The Labute approximate surface area is 115 Å². The molecular formula is C14H25N3S. The van der Waals surface area contributed by atoms with Gasteiger partial charge in [-0.25, -0.2) is 4.98 Å². The average molecular weight is 267 g/mol. The molecule has 0 unspecified atom stereocenters. The van der Waals surface area contributed by atoms with E-state index < -0.39 is 0 Å². The number of nitrogens with one attached hydrogen (secondary N) is 1. The first-order valence-electron chi connectivity index (χ1n) is 6.87. The summed E-state index contributed by atoms with van der Waals surface area (Å²) in [5, 5.41) is 4.36. The smallest absolute Gasteiger partial charge is 0.202 e. The standard InChI is InChI=1S/C14H25N3S/c1-13(2,3)16-12-15-11(17-18-12)10-6-8-14(4,5)9-7-10/h10H,6-9H2,1-5H3,(H,15,16,17). The lowest BCUT2D eigenvalue weighted by Gasteiger charge is -2.33. The molecule has 1 aliphatic carbocycles. The predicted octanol–water partition coefficient (Wildman–Crippen LogP) is 4.43. The van der Waals surface area contributed by atoms with Crippen LogP contribution in [0.5, 0.6) is 0 Å². The van der Waals surface area contributed by atoms with Crippen LogP contribution in [0, 0.1) is 5.41 Å². The fourth-order valence-corrected chi connectivity index (χ4v) is 3.29. The van der Waals surface area contributed by atoms with Crippen LogP contribution in [0.2, 0.25) is 0 Å². The number of anilines is 1. The molecule has 102 valence electrons. The van der Waals surface area contributed by atoms with Gasteiger partial charge in [-0.3, -0.25) is 0 Å². The van der Waals surface area contributed by atoms with Crippen LogP contribution in [-0.4, -0.2) is 14.9 Å². The Balaban J connectivity index is 1.99. The van der Waals surface area contributed by atoms with E-state index >= 15 is 0 Å². The predicted molar refractivity (Wildman–Crippen MR) is 78.3 cm³/mol. The van der Waals surface area contributed by atoms with E-state index in [1.165, 1.54) is 37.2 Å². The van der Waals surface area contributed by atoms with E-state index in [2.05, 4.69) is 49.3 Å². The minimum atomic E-state index is 0.0609. The summed E-state index contributed by atoms with van der Waals surface area (Å²) in [6, 6.07) is 0. The van der Waals surface area contributed by atoms with Crippen molar-refractivity contribution in [3.63, 3.8) is 0 Å². The van der Waals surface area contributed by atoms with E-state index in [1.54, 1.807) is 0 Å². The van der Waals surface area contributed by atoms with E-state index in [0.717, 1.165) is 11.0 Å². The highest BCUT2D eigenvalue weighted by Gasteiger charge is 2.29. The molecule has 18 heavy (non-hydrogen) atoms. The molecule has 0 spiro atoms. The van der Waals surface area contributed by atoms with E-state index in [0.29, 0.717) is 11.3 Å². The third-order valence-corrected chi connectivity index (χ3v) is 4.27. The molecule has 0 atom stereocenters. The van der Waals surface area contributed by atoms with Crippen molar-refractivity contribution in [2.45, 2.75) is 71.8 Å². The van der Waals surface area contributed by atoms with Gasteiger partial charge in [-0.15, -0.1) is 0 Å². The van der Waals surface area contributed by atoms with Gasteiger partial charge in [-0.2, -0.15) is 4.37 Å². The highest BCUT2D eigenvalue weighted by Crippen LogP contribution is 2.42. The summed E-state index contributed by atoms with van der Waals surface area (Å²) in [4.78, 5) is 4.66. The van der Waals surface area contributed by atoms with Crippen LogP contribution in [0.15, 0.2) is 0 Å². The summed E-state index contributed by atoms with van der Waals surface area (Å²) in [5.74, 6) is 1.63. The number of aromatic nitrogens is 2. The van der Waals surface area contributed by atoms with E-state index in [4.69, 9.17) is 0 Å². The molecular weight excluding hydrogens is 242 g/mol. The second-order valence-corrected chi connectivity index (χ2v) is 8.02. The van der Waals surface area contributed by atoms with Crippen molar-refractivity contribution in [3.05, 3.63) is 5.82 Å². The zero-order valence-corrected chi connectivity index (χ0v) is 13.0. The minimum absolute atomic E-state index is 0.0609. The van der Waals surface area contributed by atoms with E-state index in [-0.39, 0.29) is 5.54 Å². The molecule has 3 nitrogen and oxygen atoms in total. The Hall–Kier alpha value is -0.640. The van der Waals surface area contributed by atoms with Gasteiger partial charge in [0.1, 0.15) is 5.82 Å². The monoisotopic (exact) mass is 267 g/mol. The fraction of sp³-hybridized carbons (Fsp3) is 0.857. The van der Waals surface area contributed by atoms with Crippen molar-refractivity contribution in [2.75, 3.05) is 5.32 Å². The molecule has 0 aromatic carbocycles. The molecule has 1 aliphatic rings. The second-order valence-electron chi connectivity index (χ2n) is 7.27. The molecule has 0 radical (unpaired) electrons. The van der Waals surface area contributed by atoms with Crippen molar-refractivity contribution >= 4 is 16.7 Å². The van der Waals surface area contributed by atoms with Crippen molar-refractivity contribution in [3.8, 4) is 0 Å². The summed E-state index contributed by atoms with van der Waals surface area (Å²) in [6.07, 6.45) is 5.05. The SMILES string of the molecule is CC1(C)CCC(c2nsc(NC(C)(C)C)n2)CC1. The molecule has 1 saturated carbocycles. The third-order valence-electron chi connectivity index (χ3n) is 3.63. The second kappa shape index (κ2) is 4.80. The molecule has 1 aromatic heterocycles. The van der Waals surface area contributed by atoms with Crippen molar-refractivity contribution < 1.29 is 0 Å². The van der Waals surface area contributed by atoms with Gasteiger partial charge in [0.2, 0.25) is 5.13 Å². The van der Waals surface area contributed by atoms with Crippen molar-refractivity contribution in [1.29, 1.82) is 0 Å². The number of hydrogen-bond acceptors (Lipinski definition) is 4. The first-order chi connectivity index (χ1) is 8.25. The van der Waals surface area contributed by atoms with Gasteiger partial charge in [0.25, 0.3) is 0 Å². The maximum Gasteiger partial charge on any atom is 0.202 e.